The number of phenols is 1. The van der Waals surface area contributed by atoms with E-state index in [-0.39, 0.29) is 23.6 Å². The van der Waals surface area contributed by atoms with Crippen molar-refractivity contribution < 1.29 is 24.2 Å². The highest BCUT2D eigenvalue weighted by molar-refractivity contribution is 6.01. The van der Waals surface area contributed by atoms with Gasteiger partial charge in [0, 0.05) is 63.0 Å². The Morgan fingerprint density at radius 1 is 0.855 bits per heavy atom. The number of piperazine rings is 1. The van der Waals surface area contributed by atoms with Crippen LogP contribution in [0.1, 0.15) is 74.8 Å². The summed E-state index contributed by atoms with van der Waals surface area (Å²) in [5.41, 5.74) is 8.23. The van der Waals surface area contributed by atoms with Crippen molar-refractivity contribution in [2.75, 3.05) is 45.9 Å². The molecule has 0 spiro atoms. The van der Waals surface area contributed by atoms with Crippen LogP contribution in [0.4, 0.5) is 0 Å². The van der Waals surface area contributed by atoms with Gasteiger partial charge < -0.3 is 25.4 Å². The molecule has 1 unspecified atom stereocenters. The fourth-order valence-electron chi connectivity index (χ4n) is 8.79. The molecule has 3 atom stereocenters. The zero-order valence-corrected chi connectivity index (χ0v) is 31.2. The second-order valence-electron chi connectivity index (χ2n) is 15.3. The lowest BCUT2D eigenvalue weighted by molar-refractivity contribution is -0.126. The van der Waals surface area contributed by atoms with Crippen LogP contribution >= 0.6 is 0 Å². The number of carbonyl (C=O) groups is 3. The maximum atomic E-state index is 13.0. The van der Waals surface area contributed by atoms with E-state index < -0.39 is 6.04 Å². The van der Waals surface area contributed by atoms with Gasteiger partial charge in [0.05, 0.1) is 6.54 Å². The van der Waals surface area contributed by atoms with Gasteiger partial charge in [-0.25, -0.2) is 0 Å². The first-order chi connectivity index (χ1) is 26.8. The zero-order valence-electron chi connectivity index (χ0n) is 31.2. The molecule has 284 valence electrons. The van der Waals surface area contributed by atoms with Crippen LogP contribution in [0.25, 0.3) is 0 Å². The monoisotopic (exact) mass is 739 g/mol. The summed E-state index contributed by atoms with van der Waals surface area (Å²) >= 11 is 0. The fraction of sp³-hybridized carbons (Fsp3) is 0.356. The molecule has 0 aromatic heterocycles. The highest BCUT2D eigenvalue weighted by atomic mass is 16.5. The molecule has 3 heterocycles. The molecule has 2 fully saturated rings. The summed E-state index contributed by atoms with van der Waals surface area (Å²) in [6, 6.07) is 30.3. The molecular weight excluding hydrogens is 691 g/mol. The molecule has 8 rings (SSSR count). The molecule has 3 N–H and O–H groups in total. The minimum absolute atomic E-state index is 0.0255. The number of nitrogens with one attached hydrogen (secondary N) is 2. The van der Waals surface area contributed by atoms with Crippen LogP contribution in [0, 0.1) is 0 Å². The molecule has 1 aliphatic carbocycles. The van der Waals surface area contributed by atoms with Gasteiger partial charge in [-0.15, -0.1) is 0 Å². The number of hydrogen-bond acceptors (Lipinski definition) is 7. The van der Waals surface area contributed by atoms with Crippen molar-refractivity contribution >= 4 is 17.7 Å². The number of aromatic hydroxyl groups is 1. The molecule has 4 aliphatic rings. The van der Waals surface area contributed by atoms with Crippen molar-refractivity contribution in [3.8, 4) is 11.5 Å². The first-order valence-corrected chi connectivity index (χ1v) is 19.5. The Balaban J connectivity index is 0.773. The summed E-state index contributed by atoms with van der Waals surface area (Å²) in [5.74, 6) is 1.42. The van der Waals surface area contributed by atoms with Gasteiger partial charge in [0.25, 0.3) is 5.91 Å². The number of hydrogen-bond donors (Lipinski definition) is 3. The molecule has 55 heavy (non-hydrogen) atoms. The van der Waals surface area contributed by atoms with E-state index in [1.807, 2.05) is 24.3 Å². The lowest BCUT2D eigenvalue weighted by Crippen LogP contribution is -2.50. The van der Waals surface area contributed by atoms with Gasteiger partial charge in [-0.05, 0) is 95.3 Å². The number of phenolic OH excluding ortho intramolecular Hbond substituents is 1. The predicted octanol–water partition coefficient (Wildman–Crippen LogP) is 5.32. The van der Waals surface area contributed by atoms with E-state index in [4.69, 9.17) is 4.74 Å². The van der Waals surface area contributed by atoms with Gasteiger partial charge >= 0.3 is 0 Å². The van der Waals surface area contributed by atoms with Gasteiger partial charge in [0.15, 0.2) is 0 Å². The first-order valence-electron chi connectivity index (χ1n) is 19.5. The van der Waals surface area contributed by atoms with Crippen LogP contribution < -0.4 is 15.4 Å². The van der Waals surface area contributed by atoms with E-state index in [1.54, 1.807) is 11.0 Å². The number of fused-ring (bicyclic) bond motifs is 2. The third-order valence-electron chi connectivity index (χ3n) is 11.8. The van der Waals surface area contributed by atoms with Crippen LogP contribution in [0.3, 0.4) is 0 Å². The number of piperidine rings is 1. The number of amides is 3. The largest absolute Gasteiger partial charge is 0.508 e. The third-order valence-corrected chi connectivity index (χ3v) is 11.8. The maximum absolute atomic E-state index is 13.0. The minimum atomic E-state index is -0.489. The number of benzene rings is 4. The molecule has 10 nitrogen and oxygen atoms in total. The molecule has 0 bridgehead atoms. The van der Waals surface area contributed by atoms with Crippen molar-refractivity contribution in [1.29, 1.82) is 0 Å². The molecule has 4 aromatic carbocycles. The predicted molar refractivity (Wildman–Crippen MR) is 211 cm³/mol. The van der Waals surface area contributed by atoms with Crippen LogP contribution in [0.15, 0.2) is 103 Å². The van der Waals surface area contributed by atoms with Crippen molar-refractivity contribution in [3.63, 3.8) is 0 Å². The lowest BCUT2D eigenvalue weighted by Gasteiger charge is -2.35. The molecule has 0 saturated carbocycles. The van der Waals surface area contributed by atoms with Gasteiger partial charge in [0.1, 0.15) is 24.1 Å². The molecule has 3 amide bonds. The summed E-state index contributed by atoms with van der Waals surface area (Å²) in [4.78, 5) is 44.6. The van der Waals surface area contributed by atoms with Gasteiger partial charge in [0.2, 0.25) is 11.8 Å². The molecular formula is C45H49N5O5. The summed E-state index contributed by atoms with van der Waals surface area (Å²) in [6.45, 7) is 9.71. The number of aryl methyl sites for hydroxylation is 1. The second kappa shape index (κ2) is 16.1. The van der Waals surface area contributed by atoms with Crippen molar-refractivity contribution in [2.24, 2.45) is 0 Å². The van der Waals surface area contributed by atoms with E-state index >= 15 is 0 Å². The van der Waals surface area contributed by atoms with Crippen molar-refractivity contribution in [2.45, 2.75) is 56.7 Å². The SMILES string of the molecule is C=C1CCC(N2Cc3cc(CNC(=O)CN4CCN(CCOc5ccc([C@@H]6c7ccc(O)cc7CC[C@@H]6c6ccccc6)cc5)CC4)ccc3C2=O)C(=O)N1. The number of ether oxygens (including phenoxy) is 1. The first kappa shape index (κ1) is 36.5. The van der Waals surface area contributed by atoms with E-state index in [0.717, 1.165) is 62.4 Å². The topological polar surface area (TPSA) is 114 Å². The molecule has 3 aliphatic heterocycles. The van der Waals surface area contributed by atoms with Gasteiger partial charge in [-0.3, -0.25) is 24.2 Å². The van der Waals surface area contributed by atoms with Gasteiger partial charge in [-0.1, -0.05) is 67.2 Å². The van der Waals surface area contributed by atoms with Crippen LogP contribution in [-0.2, 0) is 29.1 Å². The van der Waals surface area contributed by atoms with E-state index in [9.17, 15) is 19.5 Å². The Morgan fingerprint density at radius 3 is 2.42 bits per heavy atom. The Labute approximate surface area is 322 Å². The number of nitrogens with zero attached hydrogens (tertiary/aromatic N) is 3. The smallest absolute Gasteiger partial charge is 0.255 e. The Hall–Kier alpha value is -5.45. The van der Waals surface area contributed by atoms with Crippen LogP contribution in [0.2, 0.25) is 0 Å². The fourth-order valence-corrected chi connectivity index (χ4v) is 8.79. The van der Waals surface area contributed by atoms with E-state index in [0.29, 0.717) is 62.0 Å². The highest BCUT2D eigenvalue weighted by Gasteiger charge is 2.38. The van der Waals surface area contributed by atoms with Crippen LogP contribution in [-0.4, -0.2) is 89.4 Å². The van der Waals surface area contributed by atoms with Crippen LogP contribution in [0.5, 0.6) is 11.5 Å². The molecule has 0 radical (unpaired) electrons. The maximum Gasteiger partial charge on any atom is 0.255 e. The number of rotatable bonds is 11. The van der Waals surface area contributed by atoms with Crippen molar-refractivity contribution in [1.82, 2.24) is 25.3 Å². The lowest BCUT2D eigenvalue weighted by atomic mass is 9.69. The molecule has 4 aromatic rings. The second-order valence-corrected chi connectivity index (χ2v) is 15.3. The highest BCUT2D eigenvalue weighted by Crippen LogP contribution is 2.47. The third kappa shape index (κ3) is 8.16. The number of carbonyl (C=O) groups excluding carboxylic acids is 3. The normalized spacial score (nSPS) is 21.5. The van der Waals surface area contributed by atoms with Crippen molar-refractivity contribution in [3.05, 3.63) is 142 Å². The number of allylic oxidation sites excluding steroid dienone is 1. The quantitative estimate of drug-likeness (QED) is 0.191. The Morgan fingerprint density at radius 2 is 1.64 bits per heavy atom. The zero-order chi connectivity index (χ0) is 37.9. The summed E-state index contributed by atoms with van der Waals surface area (Å²) in [7, 11) is 0. The Bertz CT molecular complexity index is 2060. The van der Waals surface area contributed by atoms with E-state index in [2.05, 4.69) is 87.7 Å². The molecule has 10 heteroatoms. The van der Waals surface area contributed by atoms with E-state index in [1.165, 1.54) is 22.3 Å². The minimum Gasteiger partial charge on any atom is -0.508 e. The molecule has 2 saturated heterocycles. The average molecular weight is 740 g/mol. The Kier molecular flexibility index (Phi) is 10.7. The van der Waals surface area contributed by atoms with Gasteiger partial charge in [-0.2, -0.15) is 0 Å². The standard InChI is InChI=1S/C45H49N5O5/c1-30-7-18-41(44(53)47-30)50-28-35-25-31(8-15-40(35)45(50)54)27-46-42(52)29-49-21-19-48(20-22-49)23-24-55-37-13-9-33(10-14-37)43-38(32-5-3-2-4-6-32)16-11-34-26-36(51)12-17-39(34)43/h2-6,8-10,12-15,17,25-26,38,41,43,51H,1,7,11,16,18-24,27-29H2,(H,46,52)(H,47,53)/t38-,41?,43+/m1/s1. The summed E-state index contributed by atoms with van der Waals surface area (Å²) in [6.07, 6.45) is 3.22. The summed E-state index contributed by atoms with van der Waals surface area (Å²) in [5, 5.41) is 16.0. The summed E-state index contributed by atoms with van der Waals surface area (Å²) < 4.78 is 6.20. The average Bonchev–Trinajstić information content (AvgIpc) is 3.52.